The Morgan fingerprint density at radius 1 is 1.27 bits per heavy atom. The van der Waals surface area contributed by atoms with Gasteiger partial charge in [0, 0.05) is 18.2 Å². The standard InChI is InChI=1S/C23H29FN4OS/c1-16(19-14-17-9-10-18(19)13-17)28-22(15-29-21-8-4-3-7-20(21)24)26-27-23(28)30-12-6-2-5-11-25/h3-4,7-8,16-19H,2,5-6,9-10,12-15H2,1H3/t16-,17+,18+,19-/m1/s1. The first-order valence-corrected chi connectivity index (χ1v) is 12.0. The number of rotatable bonds is 10. The van der Waals surface area contributed by atoms with Gasteiger partial charge < -0.3 is 4.74 Å². The third-order valence-corrected chi connectivity index (χ3v) is 7.69. The normalized spacial score (nSPS) is 23.4. The van der Waals surface area contributed by atoms with Crippen LogP contribution in [0.5, 0.6) is 5.75 Å². The predicted molar refractivity (Wildman–Crippen MR) is 115 cm³/mol. The molecule has 4 rings (SSSR count). The fraction of sp³-hybridized carbons (Fsp3) is 0.609. The van der Waals surface area contributed by atoms with Gasteiger partial charge in [-0.2, -0.15) is 5.26 Å². The van der Waals surface area contributed by atoms with Gasteiger partial charge in [0.15, 0.2) is 22.5 Å². The van der Waals surface area contributed by atoms with Crippen molar-refractivity contribution >= 4 is 11.8 Å². The van der Waals surface area contributed by atoms with Crippen LogP contribution >= 0.6 is 11.8 Å². The predicted octanol–water partition coefficient (Wildman–Crippen LogP) is 5.78. The molecule has 160 valence electrons. The van der Waals surface area contributed by atoms with Gasteiger partial charge in [0.1, 0.15) is 6.61 Å². The number of ether oxygens (including phenoxy) is 1. The molecule has 2 bridgehead atoms. The molecule has 7 heteroatoms. The van der Waals surface area contributed by atoms with Crippen LogP contribution in [0.15, 0.2) is 29.4 Å². The van der Waals surface area contributed by atoms with Gasteiger partial charge >= 0.3 is 0 Å². The minimum Gasteiger partial charge on any atom is -0.483 e. The van der Waals surface area contributed by atoms with Gasteiger partial charge in [0.25, 0.3) is 0 Å². The number of benzene rings is 1. The Bertz CT molecular complexity index is 896. The van der Waals surface area contributed by atoms with Crippen LogP contribution in [0.3, 0.4) is 0 Å². The zero-order valence-electron chi connectivity index (χ0n) is 17.5. The van der Waals surface area contributed by atoms with Crippen LogP contribution in [0.25, 0.3) is 0 Å². The minimum atomic E-state index is -0.364. The minimum absolute atomic E-state index is 0.202. The Kier molecular flexibility index (Phi) is 6.93. The first-order valence-electron chi connectivity index (χ1n) is 11.0. The summed E-state index contributed by atoms with van der Waals surface area (Å²) in [6.45, 7) is 2.48. The van der Waals surface area contributed by atoms with Crippen molar-refractivity contribution in [1.29, 1.82) is 5.26 Å². The van der Waals surface area contributed by atoms with Crippen molar-refractivity contribution in [3.63, 3.8) is 0 Å². The fourth-order valence-electron chi connectivity index (χ4n) is 5.16. The van der Waals surface area contributed by atoms with Crippen molar-refractivity contribution in [1.82, 2.24) is 14.8 Å². The molecule has 5 nitrogen and oxygen atoms in total. The lowest BCUT2D eigenvalue weighted by Crippen LogP contribution is -2.24. The second kappa shape index (κ2) is 9.82. The number of hydrogen-bond donors (Lipinski definition) is 0. The molecule has 2 saturated carbocycles. The molecule has 2 aliphatic rings. The lowest BCUT2D eigenvalue weighted by molar-refractivity contribution is 0.215. The molecule has 1 aromatic heterocycles. The smallest absolute Gasteiger partial charge is 0.191 e. The molecular weight excluding hydrogens is 399 g/mol. The highest BCUT2D eigenvalue weighted by atomic mass is 32.2. The summed E-state index contributed by atoms with van der Waals surface area (Å²) in [6, 6.07) is 8.97. The molecule has 0 amide bonds. The molecule has 0 spiro atoms. The number of unbranched alkanes of at least 4 members (excludes halogenated alkanes) is 2. The van der Waals surface area contributed by atoms with E-state index in [9.17, 15) is 4.39 Å². The maximum absolute atomic E-state index is 14.0. The Morgan fingerprint density at radius 2 is 2.13 bits per heavy atom. The molecule has 2 fully saturated rings. The number of hydrogen-bond acceptors (Lipinski definition) is 5. The Balaban J connectivity index is 1.50. The van der Waals surface area contributed by atoms with E-state index in [4.69, 9.17) is 10.00 Å². The van der Waals surface area contributed by atoms with Gasteiger partial charge in [-0.3, -0.25) is 4.57 Å². The highest BCUT2D eigenvalue weighted by Gasteiger charge is 2.43. The molecular formula is C23H29FN4OS. The molecule has 0 radical (unpaired) electrons. The van der Waals surface area contributed by atoms with Crippen LogP contribution < -0.4 is 4.74 Å². The van der Waals surface area contributed by atoms with Gasteiger partial charge in [0.05, 0.1) is 6.07 Å². The lowest BCUT2D eigenvalue weighted by atomic mass is 9.84. The Hall–Kier alpha value is -2.07. The molecule has 0 saturated heterocycles. The lowest BCUT2D eigenvalue weighted by Gasteiger charge is -2.30. The summed E-state index contributed by atoms with van der Waals surface area (Å²) in [5, 5.41) is 18.5. The monoisotopic (exact) mass is 428 g/mol. The zero-order valence-corrected chi connectivity index (χ0v) is 18.3. The summed E-state index contributed by atoms with van der Waals surface area (Å²) >= 11 is 1.70. The summed E-state index contributed by atoms with van der Waals surface area (Å²) in [6.07, 6.45) is 7.83. The molecule has 0 unspecified atom stereocenters. The number of nitriles is 1. The number of thioether (sulfide) groups is 1. The fourth-order valence-corrected chi connectivity index (χ4v) is 6.20. The van der Waals surface area contributed by atoms with Crippen LogP contribution in [0, 0.1) is 34.9 Å². The van der Waals surface area contributed by atoms with E-state index < -0.39 is 0 Å². The summed E-state index contributed by atoms with van der Waals surface area (Å²) in [4.78, 5) is 0. The van der Waals surface area contributed by atoms with E-state index in [0.29, 0.717) is 18.4 Å². The second-order valence-corrected chi connectivity index (χ2v) is 9.59. The average Bonchev–Trinajstić information content (AvgIpc) is 3.48. The largest absolute Gasteiger partial charge is 0.483 e. The number of aromatic nitrogens is 3. The second-order valence-electron chi connectivity index (χ2n) is 8.53. The van der Waals surface area contributed by atoms with Crippen molar-refractivity contribution in [2.45, 2.75) is 69.7 Å². The van der Waals surface area contributed by atoms with E-state index in [-0.39, 0.29) is 18.2 Å². The maximum Gasteiger partial charge on any atom is 0.191 e. The molecule has 2 aliphatic carbocycles. The van der Waals surface area contributed by atoms with Crippen molar-refractivity contribution in [3.8, 4) is 11.8 Å². The topological polar surface area (TPSA) is 63.7 Å². The first-order chi connectivity index (χ1) is 14.7. The maximum atomic E-state index is 14.0. The average molecular weight is 429 g/mol. The van der Waals surface area contributed by atoms with Crippen LogP contribution in [-0.4, -0.2) is 20.5 Å². The number of para-hydroxylation sites is 1. The third-order valence-electron chi connectivity index (χ3n) is 6.66. The van der Waals surface area contributed by atoms with Crippen molar-refractivity contribution in [2.75, 3.05) is 5.75 Å². The van der Waals surface area contributed by atoms with Gasteiger partial charge in [0.2, 0.25) is 0 Å². The first kappa shape index (κ1) is 21.2. The molecule has 0 aliphatic heterocycles. The number of halogens is 1. The van der Waals surface area contributed by atoms with Crippen molar-refractivity contribution < 1.29 is 9.13 Å². The van der Waals surface area contributed by atoms with E-state index >= 15 is 0 Å². The Morgan fingerprint density at radius 3 is 2.87 bits per heavy atom. The summed E-state index contributed by atoms with van der Waals surface area (Å²) in [5.74, 6) is 3.86. The molecule has 0 N–H and O–H groups in total. The molecule has 30 heavy (non-hydrogen) atoms. The molecule has 4 atom stereocenters. The van der Waals surface area contributed by atoms with Gasteiger partial charge in [-0.15, -0.1) is 10.2 Å². The van der Waals surface area contributed by atoms with Crippen molar-refractivity contribution in [2.24, 2.45) is 17.8 Å². The van der Waals surface area contributed by atoms with E-state index in [1.807, 2.05) is 0 Å². The van der Waals surface area contributed by atoms with Crippen LogP contribution in [0.1, 0.15) is 63.7 Å². The van der Waals surface area contributed by atoms with Gasteiger partial charge in [-0.1, -0.05) is 30.3 Å². The zero-order chi connectivity index (χ0) is 20.9. The van der Waals surface area contributed by atoms with Gasteiger partial charge in [-0.25, -0.2) is 4.39 Å². The van der Waals surface area contributed by atoms with Crippen LogP contribution in [-0.2, 0) is 6.61 Å². The summed E-state index contributed by atoms with van der Waals surface area (Å²) in [7, 11) is 0. The SMILES string of the molecule is C[C@H]([C@H]1C[C@H]2CC[C@H]1C2)n1c(COc2ccccc2F)nnc1SCCCCC#N. The molecule has 1 heterocycles. The van der Waals surface area contributed by atoms with E-state index in [1.54, 1.807) is 30.0 Å². The molecule has 2 aromatic rings. The third kappa shape index (κ3) is 4.64. The van der Waals surface area contributed by atoms with E-state index in [1.165, 1.54) is 31.7 Å². The van der Waals surface area contributed by atoms with E-state index in [0.717, 1.165) is 41.4 Å². The van der Waals surface area contributed by atoms with Crippen LogP contribution in [0.4, 0.5) is 4.39 Å². The molecule has 1 aromatic carbocycles. The Labute approximate surface area is 182 Å². The van der Waals surface area contributed by atoms with Crippen LogP contribution in [0.2, 0.25) is 0 Å². The summed E-state index contributed by atoms with van der Waals surface area (Å²) < 4.78 is 22.0. The van der Waals surface area contributed by atoms with Crippen molar-refractivity contribution in [3.05, 3.63) is 35.9 Å². The number of nitrogens with zero attached hydrogens (tertiary/aromatic N) is 4. The quantitative estimate of drug-likeness (QED) is 0.354. The van der Waals surface area contributed by atoms with Gasteiger partial charge in [-0.05, 0) is 68.9 Å². The summed E-state index contributed by atoms with van der Waals surface area (Å²) in [5.41, 5.74) is 0. The van der Waals surface area contributed by atoms with E-state index in [2.05, 4.69) is 27.8 Å². The highest BCUT2D eigenvalue weighted by Crippen LogP contribution is 2.52. The highest BCUT2D eigenvalue weighted by molar-refractivity contribution is 7.99. The number of fused-ring (bicyclic) bond motifs is 2.